The zero-order valence-electron chi connectivity index (χ0n) is 14.2. The van der Waals surface area contributed by atoms with Gasteiger partial charge < -0.3 is 10.3 Å². The van der Waals surface area contributed by atoms with E-state index in [-0.39, 0.29) is 29.7 Å². The molecule has 0 fully saturated rings. The third-order valence-corrected chi connectivity index (χ3v) is 4.51. The van der Waals surface area contributed by atoms with Gasteiger partial charge in [-0.25, -0.2) is 9.36 Å². The number of nitrogens with two attached hydrogens (primary N) is 1. The summed E-state index contributed by atoms with van der Waals surface area (Å²) in [6.07, 6.45) is 3.42. The van der Waals surface area contributed by atoms with Gasteiger partial charge in [0.2, 0.25) is 5.89 Å². The molecule has 0 amide bonds. The fourth-order valence-corrected chi connectivity index (χ4v) is 2.85. The normalized spacial score (nSPS) is 11.4. The lowest BCUT2D eigenvalue weighted by atomic mass is 10.2. The van der Waals surface area contributed by atoms with Gasteiger partial charge in [0.15, 0.2) is 5.82 Å². The number of halogens is 2. The molecule has 0 bridgehead atoms. The van der Waals surface area contributed by atoms with Crippen LogP contribution in [0.25, 0.3) is 12.2 Å². The van der Waals surface area contributed by atoms with Crippen molar-refractivity contribution < 1.29 is 4.52 Å². The van der Waals surface area contributed by atoms with Crippen molar-refractivity contribution in [1.82, 2.24) is 19.3 Å². The minimum atomic E-state index is -0.656. The number of aromatic nitrogens is 4. The minimum absolute atomic E-state index is 0.0269. The van der Waals surface area contributed by atoms with Gasteiger partial charge in [0, 0.05) is 18.6 Å². The topological polar surface area (TPSA) is 109 Å². The second-order valence-corrected chi connectivity index (χ2v) is 6.44. The van der Waals surface area contributed by atoms with Crippen molar-refractivity contribution in [3.63, 3.8) is 0 Å². The summed E-state index contributed by atoms with van der Waals surface area (Å²) in [5, 5.41) is 4.34. The van der Waals surface area contributed by atoms with Crippen LogP contribution in [0.3, 0.4) is 0 Å². The van der Waals surface area contributed by atoms with Crippen LogP contribution in [0.5, 0.6) is 0 Å². The number of hydrogen-bond acceptors (Lipinski definition) is 6. The van der Waals surface area contributed by atoms with Crippen molar-refractivity contribution >= 4 is 35.4 Å². The lowest BCUT2D eigenvalue weighted by Gasteiger charge is -2.11. The Kier molecular flexibility index (Phi) is 5.59. The minimum Gasteiger partial charge on any atom is -0.337 e. The molecule has 10 heteroatoms. The Bertz CT molecular complexity index is 1080. The van der Waals surface area contributed by atoms with Gasteiger partial charge in [-0.3, -0.25) is 9.36 Å². The summed E-state index contributed by atoms with van der Waals surface area (Å²) in [7, 11) is 1.49. The monoisotopic (exact) mass is 407 g/mol. The molecule has 3 aromatic rings. The van der Waals surface area contributed by atoms with E-state index in [0.717, 1.165) is 10.1 Å². The van der Waals surface area contributed by atoms with E-state index in [2.05, 4.69) is 10.1 Å². The molecule has 0 aliphatic carbocycles. The third-order valence-electron chi connectivity index (χ3n) is 3.87. The van der Waals surface area contributed by atoms with E-state index in [1.807, 2.05) is 12.1 Å². The average Bonchev–Trinajstić information content (AvgIpc) is 3.11. The van der Waals surface area contributed by atoms with E-state index < -0.39 is 11.2 Å². The van der Waals surface area contributed by atoms with E-state index in [4.69, 9.17) is 33.5 Å². The molecule has 140 valence electrons. The van der Waals surface area contributed by atoms with Crippen LogP contribution in [0.1, 0.15) is 23.0 Å². The van der Waals surface area contributed by atoms with Gasteiger partial charge in [0.1, 0.15) is 11.6 Å². The van der Waals surface area contributed by atoms with Gasteiger partial charge in [-0.1, -0.05) is 46.6 Å². The van der Waals surface area contributed by atoms with E-state index in [1.54, 1.807) is 24.3 Å². The zero-order chi connectivity index (χ0) is 19.6. The van der Waals surface area contributed by atoms with E-state index in [1.165, 1.54) is 11.6 Å². The molecular weight excluding hydrogens is 393 g/mol. The summed E-state index contributed by atoms with van der Waals surface area (Å²) in [6, 6.07) is 7.20. The first-order chi connectivity index (χ1) is 12.9. The van der Waals surface area contributed by atoms with Crippen LogP contribution in [0, 0.1) is 0 Å². The van der Waals surface area contributed by atoms with Crippen LogP contribution < -0.4 is 17.0 Å². The highest BCUT2D eigenvalue weighted by Gasteiger charge is 2.16. The third kappa shape index (κ3) is 4.02. The first kappa shape index (κ1) is 19.1. The Morgan fingerprint density at radius 2 is 1.89 bits per heavy atom. The predicted molar refractivity (Wildman–Crippen MR) is 103 cm³/mol. The molecule has 0 saturated carbocycles. The van der Waals surface area contributed by atoms with Gasteiger partial charge in [-0.2, -0.15) is 4.98 Å². The molecule has 2 heterocycles. The van der Waals surface area contributed by atoms with Crippen LogP contribution in [0.4, 0.5) is 0 Å². The maximum Gasteiger partial charge on any atom is 0.331 e. The molecule has 0 aliphatic heterocycles. The van der Waals surface area contributed by atoms with Crippen LogP contribution in [-0.4, -0.2) is 19.3 Å². The average molecular weight is 408 g/mol. The van der Waals surface area contributed by atoms with Gasteiger partial charge in [0.05, 0.1) is 5.69 Å². The largest absolute Gasteiger partial charge is 0.337 e. The first-order valence-electron chi connectivity index (χ1n) is 7.85. The molecule has 3 rings (SSSR count). The van der Waals surface area contributed by atoms with Crippen molar-refractivity contribution in [2.45, 2.75) is 13.1 Å². The summed E-state index contributed by atoms with van der Waals surface area (Å²) in [6.45, 7) is -0.223. The van der Waals surface area contributed by atoms with Crippen LogP contribution in [0.15, 0.2) is 38.4 Å². The van der Waals surface area contributed by atoms with Gasteiger partial charge >= 0.3 is 5.69 Å². The van der Waals surface area contributed by atoms with Crippen LogP contribution in [0.2, 0.25) is 10.0 Å². The van der Waals surface area contributed by atoms with Gasteiger partial charge in [0.25, 0.3) is 5.56 Å². The van der Waals surface area contributed by atoms with Crippen molar-refractivity contribution in [3.05, 3.63) is 78.1 Å². The van der Waals surface area contributed by atoms with Crippen molar-refractivity contribution in [1.29, 1.82) is 0 Å². The summed E-state index contributed by atoms with van der Waals surface area (Å²) in [5.41, 5.74) is 5.48. The van der Waals surface area contributed by atoms with Crippen LogP contribution in [-0.2, 0) is 20.1 Å². The van der Waals surface area contributed by atoms with Crippen LogP contribution >= 0.6 is 23.2 Å². The number of rotatable bonds is 5. The molecule has 0 saturated heterocycles. The molecule has 2 N–H and O–H groups in total. The summed E-state index contributed by atoms with van der Waals surface area (Å²) in [4.78, 5) is 28.8. The number of hydrogen-bond donors (Lipinski definition) is 1. The smallest absolute Gasteiger partial charge is 0.331 e. The Labute approximate surface area is 163 Å². The second kappa shape index (κ2) is 7.91. The van der Waals surface area contributed by atoms with Gasteiger partial charge in [-0.15, -0.1) is 0 Å². The first-order valence-corrected chi connectivity index (χ1v) is 8.60. The molecule has 0 atom stereocenters. The summed E-state index contributed by atoms with van der Waals surface area (Å²) < 4.78 is 7.26. The van der Waals surface area contributed by atoms with Gasteiger partial charge in [-0.05, 0) is 23.8 Å². The maximum absolute atomic E-state index is 12.4. The second-order valence-electron chi connectivity index (χ2n) is 5.63. The van der Waals surface area contributed by atoms with E-state index >= 15 is 0 Å². The lowest BCUT2D eigenvalue weighted by molar-refractivity contribution is 0.364. The molecule has 0 spiro atoms. The molecule has 1 aromatic carbocycles. The Morgan fingerprint density at radius 1 is 1.19 bits per heavy atom. The summed E-state index contributed by atoms with van der Waals surface area (Å²) >= 11 is 11.9. The number of benzene rings is 1. The highest BCUT2D eigenvalue weighted by molar-refractivity contribution is 6.31. The molecule has 0 aliphatic rings. The summed E-state index contributed by atoms with van der Waals surface area (Å²) in [5.74, 6) is 0.399. The Balaban J connectivity index is 1.85. The molecule has 0 unspecified atom stereocenters. The van der Waals surface area contributed by atoms with E-state index in [0.29, 0.717) is 10.8 Å². The standard InChI is InChI=1S/C17H15Cl2N5O3/c1-23-12(8-20)15(19)16(25)24(17(23)26)9-14-21-13(22-27-14)7-4-10-2-5-11(18)6-3-10/h2-7H,8-9,20H2,1H3/b7-4+. The van der Waals surface area contributed by atoms with Crippen molar-refractivity contribution in [2.24, 2.45) is 12.8 Å². The quantitative estimate of drug-likeness (QED) is 0.691. The molecule has 0 radical (unpaired) electrons. The molecular formula is C17H15Cl2N5O3. The lowest BCUT2D eigenvalue weighted by Crippen LogP contribution is -2.41. The molecule has 27 heavy (non-hydrogen) atoms. The fourth-order valence-electron chi connectivity index (χ4n) is 2.42. The van der Waals surface area contributed by atoms with Crippen molar-refractivity contribution in [3.8, 4) is 0 Å². The highest BCUT2D eigenvalue weighted by atomic mass is 35.5. The maximum atomic E-state index is 12.4. The highest BCUT2D eigenvalue weighted by Crippen LogP contribution is 2.12. The predicted octanol–water partition coefficient (Wildman–Crippen LogP) is 1.91. The molecule has 2 aromatic heterocycles. The fraction of sp³-hybridized carbons (Fsp3) is 0.176. The van der Waals surface area contributed by atoms with Crippen molar-refractivity contribution in [2.75, 3.05) is 0 Å². The molecule has 8 nitrogen and oxygen atoms in total. The van der Waals surface area contributed by atoms with E-state index in [9.17, 15) is 9.59 Å². The zero-order valence-corrected chi connectivity index (χ0v) is 15.7. The SMILES string of the molecule is Cn1c(CN)c(Cl)c(=O)n(Cc2nc(/C=C/c3ccc(Cl)cc3)no2)c1=O. The number of nitrogens with zero attached hydrogens (tertiary/aromatic N) is 4. The Hall–Kier alpha value is -2.68. The Morgan fingerprint density at radius 3 is 2.56 bits per heavy atom.